The van der Waals surface area contributed by atoms with E-state index in [-0.39, 0.29) is 66.9 Å². The molecular formula is C37H44N6O7. The number of likely N-dealkylation sites (tertiary alicyclic amines) is 2. The second-order valence-corrected chi connectivity index (χ2v) is 13.6. The quantitative estimate of drug-likeness (QED) is 0.377. The normalized spacial score (nSPS) is 21.7. The Balaban J connectivity index is 1.17. The average molecular weight is 685 g/mol. The number of piperidine rings is 2. The topological polar surface area (TPSA) is 163 Å². The Morgan fingerprint density at radius 3 is 2.36 bits per heavy atom. The van der Waals surface area contributed by atoms with Crippen LogP contribution in [0.4, 0.5) is 4.79 Å². The second kappa shape index (κ2) is 15.6. The number of aryl methyl sites for hydroxylation is 1. The third-order valence-electron chi connectivity index (χ3n) is 10.2. The summed E-state index contributed by atoms with van der Waals surface area (Å²) in [7, 11) is 0. The van der Waals surface area contributed by atoms with Gasteiger partial charge in [-0.15, -0.1) is 0 Å². The number of hydrogen-bond donors (Lipinski definition) is 3. The second-order valence-electron chi connectivity index (χ2n) is 13.6. The molecule has 1 aromatic heterocycles. The molecule has 264 valence electrons. The van der Waals surface area contributed by atoms with E-state index in [1.165, 1.54) is 0 Å². The molecule has 0 bridgehead atoms. The van der Waals surface area contributed by atoms with E-state index in [0.29, 0.717) is 69.7 Å². The smallest absolute Gasteiger partial charge is 0.410 e. The molecule has 13 heteroatoms. The number of amides is 5. The zero-order valence-corrected chi connectivity index (χ0v) is 28.3. The van der Waals surface area contributed by atoms with Crippen LogP contribution in [-0.4, -0.2) is 82.9 Å². The Hall–Kier alpha value is -5.20. The highest BCUT2D eigenvalue weighted by Crippen LogP contribution is 2.31. The number of aromatic nitrogens is 1. The van der Waals surface area contributed by atoms with E-state index in [0.717, 1.165) is 5.56 Å². The van der Waals surface area contributed by atoms with Gasteiger partial charge in [-0.2, -0.15) is 0 Å². The molecule has 2 atom stereocenters. The molecule has 50 heavy (non-hydrogen) atoms. The van der Waals surface area contributed by atoms with Crippen molar-refractivity contribution in [2.45, 2.75) is 64.1 Å². The van der Waals surface area contributed by atoms with Crippen molar-refractivity contribution in [3.05, 3.63) is 88.8 Å². The summed E-state index contributed by atoms with van der Waals surface area (Å²) in [5, 5.41) is 13.1. The largest absolute Gasteiger partial charge is 0.445 e. The molecule has 2 saturated heterocycles. The van der Waals surface area contributed by atoms with E-state index in [9.17, 15) is 24.0 Å². The lowest BCUT2D eigenvalue weighted by Crippen LogP contribution is -2.58. The van der Waals surface area contributed by atoms with Crippen LogP contribution in [0.1, 0.15) is 76.3 Å². The molecule has 6 rings (SSSR count). The molecule has 0 aliphatic carbocycles. The number of fused-ring (bicyclic) bond motifs is 2. The predicted octanol–water partition coefficient (Wildman–Crippen LogP) is 3.58. The van der Waals surface area contributed by atoms with E-state index in [1.807, 2.05) is 48.5 Å². The maximum absolute atomic E-state index is 13.8. The number of rotatable bonds is 3. The van der Waals surface area contributed by atoms with E-state index in [1.54, 1.807) is 28.9 Å². The number of carbonyl (C=O) groups excluding carboxylic acids is 5. The van der Waals surface area contributed by atoms with Crippen molar-refractivity contribution in [2.75, 3.05) is 32.7 Å². The molecule has 3 aromatic rings. The molecular weight excluding hydrogens is 640 g/mol. The summed E-state index contributed by atoms with van der Waals surface area (Å²) in [6.45, 7) is 3.70. The number of nitrogens with one attached hydrogen (secondary N) is 3. The zero-order valence-electron chi connectivity index (χ0n) is 28.3. The van der Waals surface area contributed by atoms with Gasteiger partial charge in [0.25, 0.3) is 11.8 Å². The first-order chi connectivity index (χ1) is 24.2. The molecule has 2 fully saturated rings. The minimum atomic E-state index is -0.928. The summed E-state index contributed by atoms with van der Waals surface area (Å²) in [5.74, 6) is -0.842. The van der Waals surface area contributed by atoms with Crippen molar-refractivity contribution in [2.24, 2.45) is 11.8 Å². The lowest BCUT2D eigenvalue weighted by atomic mass is 9.80. The van der Waals surface area contributed by atoms with Crippen LogP contribution < -0.4 is 16.0 Å². The SMILES string of the molecule is Cc1noc2c1C(=O)NC1(CCN(C(=O)c3ccccc3)CC1)CC(=O)NCC[C@H]1CN(C(=O)OCc3ccccc3)CC[C@H]1CC(=O)NC2. The van der Waals surface area contributed by atoms with Crippen LogP contribution in [-0.2, 0) is 27.5 Å². The van der Waals surface area contributed by atoms with Gasteiger partial charge in [0.05, 0.1) is 17.8 Å². The molecule has 3 aliphatic heterocycles. The Morgan fingerprint density at radius 1 is 0.900 bits per heavy atom. The minimum Gasteiger partial charge on any atom is -0.445 e. The highest BCUT2D eigenvalue weighted by atomic mass is 16.6. The summed E-state index contributed by atoms with van der Waals surface area (Å²) in [5.41, 5.74) is 1.14. The third kappa shape index (κ3) is 8.32. The van der Waals surface area contributed by atoms with Crippen LogP contribution in [0.25, 0.3) is 0 Å². The van der Waals surface area contributed by atoms with Gasteiger partial charge in [-0.1, -0.05) is 53.7 Å². The van der Waals surface area contributed by atoms with E-state index in [2.05, 4.69) is 21.1 Å². The maximum atomic E-state index is 13.8. The van der Waals surface area contributed by atoms with Crippen LogP contribution in [0.15, 0.2) is 65.2 Å². The van der Waals surface area contributed by atoms with E-state index >= 15 is 0 Å². The van der Waals surface area contributed by atoms with Gasteiger partial charge in [0.2, 0.25) is 11.8 Å². The van der Waals surface area contributed by atoms with Crippen LogP contribution in [0.5, 0.6) is 0 Å². The molecule has 3 aliphatic rings. The van der Waals surface area contributed by atoms with Crippen molar-refractivity contribution in [1.29, 1.82) is 0 Å². The Kier molecular flexibility index (Phi) is 10.8. The molecule has 4 heterocycles. The first-order valence-electron chi connectivity index (χ1n) is 17.3. The predicted molar refractivity (Wildman–Crippen MR) is 182 cm³/mol. The number of nitrogens with zero attached hydrogens (tertiary/aromatic N) is 3. The van der Waals surface area contributed by atoms with Crippen LogP contribution in [0.2, 0.25) is 0 Å². The molecule has 1 spiro atoms. The van der Waals surface area contributed by atoms with Crippen LogP contribution in [0.3, 0.4) is 0 Å². The first kappa shape index (κ1) is 34.7. The van der Waals surface area contributed by atoms with Crippen LogP contribution in [0, 0.1) is 18.8 Å². The highest BCUT2D eigenvalue weighted by Gasteiger charge is 2.41. The molecule has 3 N–H and O–H groups in total. The Bertz CT molecular complexity index is 1690. The fourth-order valence-corrected chi connectivity index (χ4v) is 7.29. The number of benzene rings is 2. The van der Waals surface area contributed by atoms with Crippen LogP contribution >= 0.6 is 0 Å². The molecule has 5 amide bonds. The first-order valence-corrected chi connectivity index (χ1v) is 17.3. The van der Waals surface area contributed by atoms with Crippen molar-refractivity contribution in [1.82, 2.24) is 30.9 Å². The summed E-state index contributed by atoms with van der Waals surface area (Å²) < 4.78 is 11.1. The van der Waals surface area contributed by atoms with Gasteiger partial charge >= 0.3 is 6.09 Å². The third-order valence-corrected chi connectivity index (χ3v) is 10.2. The molecule has 2 aromatic carbocycles. The summed E-state index contributed by atoms with van der Waals surface area (Å²) in [6.07, 6.45) is 1.73. The number of carbonyl (C=O) groups is 5. The average Bonchev–Trinajstić information content (AvgIpc) is 3.50. The number of ether oxygens (including phenoxy) is 1. The summed E-state index contributed by atoms with van der Waals surface area (Å²) in [6, 6.07) is 18.5. The van der Waals surface area contributed by atoms with Crippen molar-refractivity contribution >= 4 is 29.7 Å². The molecule has 0 unspecified atom stereocenters. The van der Waals surface area contributed by atoms with Gasteiger partial charge in [-0.05, 0) is 62.1 Å². The van der Waals surface area contributed by atoms with Gasteiger partial charge in [0.1, 0.15) is 12.2 Å². The highest BCUT2D eigenvalue weighted by molar-refractivity contribution is 5.97. The van der Waals surface area contributed by atoms with Gasteiger partial charge < -0.3 is 35.0 Å². The molecule has 13 nitrogen and oxygen atoms in total. The summed E-state index contributed by atoms with van der Waals surface area (Å²) in [4.78, 5) is 70.2. The fourth-order valence-electron chi connectivity index (χ4n) is 7.29. The maximum Gasteiger partial charge on any atom is 0.410 e. The lowest BCUT2D eigenvalue weighted by Gasteiger charge is -2.42. The van der Waals surface area contributed by atoms with Gasteiger partial charge in [-0.25, -0.2) is 4.79 Å². The minimum absolute atomic E-state index is 0.0224. The van der Waals surface area contributed by atoms with Crippen molar-refractivity contribution < 1.29 is 33.2 Å². The van der Waals surface area contributed by atoms with Crippen molar-refractivity contribution in [3.8, 4) is 0 Å². The van der Waals surface area contributed by atoms with Gasteiger partial charge in [0.15, 0.2) is 5.76 Å². The zero-order chi connectivity index (χ0) is 35.1. The van der Waals surface area contributed by atoms with Gasteiger partial charge in [0, 0.05) is 51.1 Å². The van der Waals surface area contributed by atoms with Crippen molar-refractivity contribution in [3.63, 3.8) is 0 Å². The molecule has 0 radical (unpaired) electrons. The number of hydrogen-bond acceptors (Lipinski definition) is 8. The van der Waals surface area contributed by atoms with E-state index < -0.39 is 17.5 Å². The molecule has 0 saturated carbocycles. The van der Waals surface area contributed by atoms with Gasteiger partial charge in [-0.3, -0.25) is 19.2 Å². The Morgan fingerprint density at radius 2 is 1.62 bits per heavy atom. The lowest BCUT2D eigenvalue weighted by molar-refractivity contribution is -0.124. The summed E-state index contributed by atoms with van der Waals surface area (Å²) >= 11 is 0. The van der Waals surface area contributed by atoms with E-state index in [4.69, 9.17) is 9.26 Å². The Labute approximate surface area is 291 Å². The fraction of sp³-hybridized carbons (Fsp3) is 0.459. The monoisotopic (exact) mass is 684 g/mol. The standard InChI is InChI=1S/C37H44N6O7/c1-25-33-30(50-41-25)22-39-31(44)20-28-13-17-43(36(48)49-24-26-8-4-2-5-9-26)23-29(28)12-16-38-32(45)21-37(40-34(33)46)14-18-42(19-15-37)35(47)27-10-6-3-7-11-27/h2-11,28-29H,12-24H2,1H3,(H,38,45)(H,39,44)(H,40,46)/t28-,29-/m0/s1.